The fourth-order valence-corrected chi connectivity index (χ4v) is 4.05. The lowest BCUT2D eigenvalue weighted by molar-refractivity contribution is -0.121. The standard InChI is InChI=1S/C20H18N4O2/c25-18-20(15-9-4-5-10-16(15)21-18)11-6-12-24(13-20)19-22-17(26-23-19)14-7-2-1-3-8-14/h1-5,7-10H,6,11-13H2,(H,21,25)/t20-/m1/s1. The number of piperidine rings is 1. The Hall–Kier alpha value is -3.15. The Balaban J connectivity index is 1.47. The molecule has 3 heterocycles. The number of rotatable bonds is 2. The maximum atomic E-state index is 12.8. The van der Waals surface area contributed by atoms with Gasteiger partial charge in [-0.2, -0.15) is 4.98 Å². The summed E-state index contributed by atoms with van der Waals surface area (Å²) in [6, 6.07) is 17.7. The highest BCUT2D eigenvalue weighted by molar-refractivity contribution is 6.06. The van der Waals surface area contributed by atoms with Crippen molar-refractivity contribution in [3.8, 4) is 11.5 Å². The van der Waals surface area contributed by atoms with E-state index in [2.05, 4.69) is 20.4 Å². The molecule has 1 N–H and O–H groups in total. The number of carbonyl (C=O) groups excluding carboxylic acids is 1. The zero-order valence-corrected chi connectivity index (χ0v) is 14.2. The van der Waals surface area contributed by atoms with Crippen LogP contribution in [-0.2, 0) is 10.2 Å². The van der Waals surface area contributed by atoms with Gasteiger partial charge in [-0.3, -0.25) is 4.79 Å². The Bertz CT molecular complexity index is 969. The van der Waals surface area contributed by atoms with E-state index < -0.39 is 5.41 Å². The summed E-state index contributed by atoms with van der Waals surface area (Å²) < 4.78 is 5.45. The lowest BCUT2D eigenvalue weighted by Gasteiger charge is -2.38. The fourth-order valence-electron chi connectivity index (χ4n) is 4.05. The minimum atomic E-state index is -0.539. The Labute approximate surface area is 150 Å². The van der Waals surface area contributed by atoms with Crippen LogP contribution in [-0.4, -0.2) is 29.1 Å². The number of para-hydroxylation sites is 1. The molecule has 1 fully saturated rings. The molecule has 2 aliphatic rings. The van der Waals surface area contributed by atoms with Crippen LogP contribution >= 0.6 is 0 Å². The Kier molecular flexibility index (Phi) is 3.31. The van der Waals surface area contributed by atoms with E-state index in [0.29, 0.717) is 18.4 Å². The van der Waals surface area contributed by atoms with Crippen LogP contribution in [0.5, 0.6) is 0 Å². The first-order valence-electron chi connectivity index (χ1n) is 8.81. The van der Waals surface area contributed by atoms with Crippen molar-refractivity contribution in [2.45, 2.75) is 18.3 Å². The molecular weight excluding hydrogens is 328 g/mol. The minimum Gasteiger partial charge on any atom is -0.337 e. The second kappa shape index (κ2) is 5.69. The average molecular weight is 346 g/mol. The van der Waals surface area contributed by atoms with E-state index in [0.717, 1.165) is 36.2 Å². The van der Waals surface area contributed by atoms with Crippen LogP contribution in [0.3, 0.4) is 0 Å². The molecule has 1 spiro atoms. The number of anilines is 2. The molecule has 6 nitrogen and oxygen atoms in total. The normalized spacial score (nSPS) is 21.7. The largest absolute Gasteiger partial charge is 0.337 e. The molecule has 0 unspecified atom stereocenters. The molecule has 26 heavy (non-hydrogen) atoms. The molecule has 0 aliphatic carbocycles. The first-order valence-corrected chi connectivity index (χ1v) is 8.81. The van der Waals surface area contributed by atoms with Gasteiger partial charge in [0.05, 0.1) is 5.41 Å². The van der Waals surface area contributed by atoms with E-state index in [4.69, 9.17) is 4.52 Å². The van der Waals surface area contributed by atoms with Gasteiger partial charge in [-0.1, -0.05) is 36.4 Å². The molecule has 5 rings (SSSR count). The van der Waals surface area contributed by atoms with Gasteiger partial charge in [-0.25, -0.2) is 0 Å². The highest BCUT2D eigenvalue weighted by Gasteiger charge is 2.49. The SMILES string of the molecule is O=C1Nc2ccccc2[C@]12CCCN(c1noc(-c3ccccc3)n1)C2. The second-order valence-corrected chi connectivity index (χ2v) is 6.87. The molecule has 2 aromatic carbocycles. The summed E-state index contributed by atoms with van der Waals surface area (Å²) in [5.41, 5.74) is 2.34. The first-order chi connectivity index (χ1) is 12.8. The monoisotopic (exact) mass is 346 g/mol. The predicted octanol–water partition coefficient (Wildman–Crippen LogP) is 3.23. The van der Waals surface area contributed by atoms with Crippen LogP contribution in [0.2, 0.25) is 0 Å². The van der Waals surface area contributed by atoms with Gasteiger partial charge >= 0.3 is 0 Å². The van der Waals surface area contributed by atoms with Crippen molar-refractivity contribution < 1.29 is 9.32 Å². The van der Waals surface area contributed by atoms with Crippen molar-refractivity contribution in [3.05, 3.63) is 60.2 Å². The third kappa shape index (κ3) is 2.22. The number of benzene rings is 2. The molecule has 0 radical (unpaired) electrons. The van der Waals surface area contributed by atoms with Crippen molar-refractivity contribution in [2.75, 3.05) is 23.3 Å². The van der Waals surface area contributed by atoms with Crippen LogP contribution in [0, 0.1) is 0 Å². The van der Waals surface area contributed by atoms with Crippen molar-refractivity contribution in [1.29, 1.82) is 0 Å². The highest BCUT2D eigenvalue weighted by Crippen LogP contribution is 2.44. The number of nitrogens with zero attached hydrogens (tertiary/aromatic N) is 3. The maximum Gasteiger partial charge on any atom is 0.266 e. The van der Waals surface area contributed by atoms with Gasteiger partial charge in [0.1, 0.15) is 0 Å². The fraction of sp³-hybridized carbons (Fsp3) is 0.250. The summed E-state index contributed by atoms with van der Waals surface area (Å²) in [4.78, 5) is 19.4. The van der Waals surface area contributed by atoms with Gasteiger partial charge in [-0.15, -0.1) is 0 Å². The van der Waals surface area contributed by atoms with Crippen LogP contribution in [0.15, 0.2) is 59.1 Å². The van der Waals surface area contributed by atoms with Gasteiger partial charge in [0.2, 0.25) is 5.91 Å². The summed E-state index contributed by atoms with van der Waals surface area (Å²) >= 11 is 0. The molecule has 2 aliphatic heterocycles. The van der Waals surface area contributed by atoms with E-state index in [1.807, 2.05) is 54.6 Å². The molecule has 1 saturated heterocycles. The zero-order valence-electron chi connectivity index (χ0n) is 14.2. The summed E-state index contributed by atoms with van der Waals surface area (Å²) in [6.45, 7) is 1.37. The molecule has 1 atom stereocenters. The number of aromatic nitrogens is 2. The molecule has 130 valence electrons. The smallest absolute Gasteiger partial charge is 0.266 e. The van der Waals surface area contributed by atoms with Crippen LogP contribution < -0.4 is 10.2 Å². The van der Waals surface area contributed by atoms with E-state index in [-0.39, 0.29) is 5.91 Å². The number of amides is 1. The first kappa shape index (κ1) is 15.1. The molecule has 0 bridgehead atoms. The van der Waals surface area contributed by atoms with Crippen molar-refractivity contribution in [3.63, 3.8) is 0 Å². The third-order valence-electron chi connectivity index (χ3n) is 5.34. The Morgan fingerprint density at radius 3 is 2.77 bits per heavy atom. The number of hydrogen-bond donors (Lipinski definition) is 1. The van der Waals surface area contributed by atoms with Crippen molar-refractivity contribution >= 4 is 17.5 Å². The molecule has 1 amide bonds. The van der Waals surface area contributed by atoms with Crippen molar-refractivity contribution in [2.24, 2.45) is 0 Å². The summed E-state index contributed by atoms with van der Waals surface area (Å²) in [7, 11) is 0. The molecule has 3 aromatic rings. The molecule has 0 saturated carbocycles. The summed E-state index contributed by atoms with van der Waals surface area (Å²) in [6.07, 6.45) is 1.73. The number of carbonyl (C=O) groups is 1. The van der Waals surface area contributed by atoms with Crippen LogP contribution in [0.1, 0.15) is 18.4 Å². The Morgan fingerprint density at radius 2 is 1.88 bits per heavy atom. The maximum absolute atomic E-state index is 12.8. The van der Waals surface area contributed by atoms with Crippen LogP contribution in [0.25, 0.3) is 11.5 Å². The number of hydrogen-bond acceptors (Lipinski definition) is 5. The van der Waals surface area contributed by atoms with E-state index in [9.17, 15) is 4.79 Å². The molecule has 1 aromatic heterocycles. The lowest BCUT2D eigenvalue weighted by Crippen LogP contribution is -2.50. The second-order valence-electron chi connectivity index (χ2n) is 6.87. The highest BCUT2D eigenvalue weighted by atomic mass is 16.5. The zero-order chi connectivity index (χ0) is 17.6. The summed E-state index contributed by atoms with van der Waals surface area (Å²) in [5.74, 6) is 1.10. The van der Waals surface area contributed by atoms with E-state index >= 15 is 0 Å². The Morgan fingerprint density at radius 1 is 1.08 bits per heavy atom. The van der Waals surface area contributed by atoms with Crippen LogP contribution in [0.4, 0.5) is 11.6 Å². The van der Waals surface area contributed by atoms with Gasteiger partial charge in [0, 0.05) is 24.3 Å². The van der Waals surface area contributed by atoms with Gasteiger partial charge in [-0.05, 0) is 41.8 Å². The summed E-state index contributed by atoms with van der Waals surface area (Å²) in [5, 5.41) is 7.19. The van der Waals surface area contributed by atoms with Gasteiger partial charge in [0.25, 0.3) is 11.8 Å². The topological polar surface area (TPSA) is 71.3 Å². The quantitative estimate of drug-likeness (QED) is 0.771. The molecule has 6 heteroatoms. The minimum absolute atomic E-state index is 0.0650. The average Bonchev–Trinajstić information content (AvgIpc) is 3.28. The number of fused-ring (bicyclic) bond motifs is 2. The molecular formula is C20H18N4O2. The lowest BCUT2D eigenvalue weighted by atomic mass is 9.75. The number of nitrogens with one attached hydrogen (secondary N) is 1. The van der Waals surface area contributed by atoms with E-state index in [1.54, 1.807) is 0 Å². The third-order valence-corrected chi connectivity index (χ3v) is 5.34. The van der Waals surface area contributed by atoms with Gasteiger partial charge in [0.15, 0.2) is 0 Å². The van der Waals surface area contributed by atoms with E-state index in [1.165, 1.54) is 0 Å². The van der Waals surface area contributed by atoms with Crippen molar-refractivity contribution in [1.82, 2.24) is 10.1 Å². The predicted molar refractivity (Wildman–Crippen MR) is 97.9 cm³/mol. The van der Waals surface area contributed by atoms with Gasteiger partial charge < -0.3 is 14.7 Å².